The molecular formula is C16H21Cl2NO. The predicted octanol–water partition coefficient (Wildman–Crippen LogP) is 4.37. The Morgan fingerprint density at radius 3 is 2.75 bits per heavy atom. The minimum absolute atomic E-state index is 0.126. The molecular weight excluding hydrogens is 293 g/mol. The molecule has 110 valence electrons. The topological polar surface area (TPSA) is 29.1 Å². The van der Waals surface area contributed by atoms with Gasteiger partial charge in [0, 0.05) is 24.8 Å². The SMILES string of the molecule is CCCC(=O)CC1(c2ccc(Cl)c(Cl)c2)CCCNC1. The van der Waals surface area contributed by atoms with Crippen molar-refractivity contribution in [1.29, 1.82) is 0 Å². The second-order valence-electron chi connectivity index (χ2n) is 5.65. The molecule has 2 rings (SSSR count). The Bertz CT molecular complexity index is 481. The number of rotatable bonds is 5. The fourth-order valence-corrected chi connectivity index (χ4v) is 3.34. The van der Waals surface area contributed by atoms with E-state index in [9.17, 15) is 4.79 Å². The van der Waals surface area contributed by atoms with Gasteiger partial charge in [0.25, 0.3) is 0 Å². The van der Waals surface area contributed by atoms with Crippen LogP contribution in [0.3, 0.4) is 0 Å². The zero-order valence-corrected chi connectivity index (χ0v) is 13.4. The van der Waals surface area contributed by atoms with Gasteiger partial charge in [-0.2, -0.15) is 0 Å². The van der Waals surface area contributed by atoms with Crippen LogP contribution >= 0.6 is 23.2 Å². The van der Waals surface area contributed by atoms with Crippen molar-refractivity contribution >= 4 is 29.0 Å². The second-order valence-corrected chi connectivity index (χ2v) is 6.47. The Balaban J connectivity index is 2.30. The third-order valence-electron chi connectivity index (χ3n) is 4.07. The van der Waals surface area contributed by atoms with Gasteiger partial charge in [-0.3, -0.25) is 4.79 Å². The molecule has 0 aliphatic carbocycles. The van der Waals surface area contributed by atoms with E-state index in [0.29, 0.717) is 28.7 Å². The Morgan fingerprint density at radius 2 is 2.15 bits per heavy atom. The third-order valence-corrected chi connectivity index (χ3v) is 4.81. The largest absolute Gasteiger partial charge is 0.316 e. The minimum atomic E-state index is -0.126. The number of carbonyl (C=O) groups is 1. The fraction of sp³-hybridized carbons (Fsp3) is 0.562. The van der Waals surface area contributed by atoms with Crippen LogP contribution in [0.2, 0.25) is 10.0 Å². The number of hydrogen-bond donors (Lipinski definition) is 1. The molecule has 0 aromatic heterocycles. The van der Waals surface area contributed by atoms with Crippen LogP contribution in [0.5, 0.6) is 0 Å². The first-order valence-corrected chi connectivity index (χ1v) is 8.01. The van der Waals surface area contributed by atoms with Gasteiger partial charge in [-0.05, 0) is 43.5 Å². The average Bonchev–Trinajstić information content (AvgIpc) is 2.43. The minimum Gasteiger partial charge on any atom is -0.316 e. The Labute approximate surface area is 130 Å². The van der Waals surface area contributed by atoms with Crippen LogP contribution in [0.25, 0.3) is 0 Å². The van der Waals surface area contributed by atoms with Crippen LogP contribution in [0, 0.1) is 0 Å². The highest BCUT2D eigenvalue weighted by atomic mass is 35.5. The summed E-state index contributed by atoms with van der Waals surface area (Å²) in [6, 6.07) is 5.77. The van der Waals surface area contributed by atoms with Gasteiger partial charge in [-0.1, -0.05) is 36.2 Å². The van der Waals surface area contributed by atoms with Crippen molar-refractivity contribution in [3.8, 4) is 0 Å². The van der Waals surface area contributed by atoms with E-state index >= 15 is 0 Å². The normalized spacial score (nSPS) is 22.8. The molecule has 1 fully saturated rings. The molecule has 0 radical (unpaired) electrons. The molecule has 0 bridgehead atoms. The van der Waals surface area contributed by atoms with E-state index in [1.165, 1.54) is 0 Å². The highest BCUT2D eigenvalue weighted by Crippen LogP contribution is 2.38. The fourth-order valence-electron chi connectivity index (χ4n) is 3.04. The molecule has 0 amide bonds. The van der Waals surface area contributed by atoms with Crippen LogP contribution in [0.15, 0.2) is 18.2 Å². The van der Waals surface area contributed by atoms with Crippen molar-refractivity contribution in [2.45, 2.75) is 44.4 Å². The summed E-state index contributed by atoms with van der Waals surface area (Å²) in [6.45, 7) is 3.90. The highest BCUT2D eigenvalue weighted by molar-refractivity contribution is 6.42. The van der Waals surface area contributed by atoms with E-state index in [0.717, 1.165) is 37.9 Å². The number of ketones is 1. The lowest BCUT2D eigenvalue weighted by Gasteiger charge is -2.38. The number of nitrogens with one attached hydrogen (secondary N) is 1. The van der Waals surface area contributed by atoms with Gasteiger partial charge < -0.3 is 5.32 Å². The lowest BCUT2D eigenvalue weighted by Crippen LogP contribution is -2.44. The number of piperidine rings is 1. The van der Waals surface area contributed by atoms with Gasteiger partial charge in [0.1, 0.15) is 5.78 Å². The highest BCUT2D eigenvalue weighted by Gasteiger charge is 2.36. The van der Waals surface area contributed by atoms with E-state index in [1.807, 2.05) is 25.1 Å². The van der Waals surface area contributed by atoms with Gasteiger partial charge in [0.05, 0.1) is 10.0 Å². The van der Waals surface area contributed by atoms with Gasteiger partial charge in [-0.25, -0.2) is 0 Å². The lowest BCUT2D eigenvalue weighted by atomic mass is 9.71. The van der Waals surface area contributed by atoms with Crippen molar-refractivity contribution < 1.29 is 4.79 Å². The summed E-state index contributed by atoms with van der Waals surface area (Å²) in [6.07, 6.45) is 4.26. The summed E-state index contributed by atoms with van der Waals surface area (Å²) in [7, 11) is 0. The quantitative estimate of drug-likeness (QED) is 0.874. The van der Waals surface area contributed by atoms with E-state index < -0.39 is 0 Å². The van der Waals surface area contributed by atoms with Crippen molar-refractivity contribution in [3.63, 3.8) is 0 Å². The van der Waals surface area contributed by atoms with Gasteiger partial charge >= 0.3 is 0 Å². The van der Waals surface area contributed by atoms with E-state index in [-0.39, 0.29) is 5.41 Å². The van der Waals surface area contributed by atoms with Crippen molar-refractivity contribution in [2.75, 3.05) is 13.1 Å². The van der Waals surface area contributed by atoms with Crippen LogP contribution in [0.4, 0.5) is 0 Å². The molecule has 1 saturated heterocycles. The van der Waals surface area contributed by atoms with Crippen molar-refractivity contribution in [1.82, 2.24) is 5.32 Å². The number of halogens is 2. The Morgan fingerprint density at radius 1 is 1.35 bits per heavy atom. The molecule has 0 saturated carbocycles. The van der Waals surface area contributed by atoms with Crippen LogP contribution in [-0.2, 0) is 10.2 Å². The first kappa shape index (κ1) is 15.8. The number of hydrogen-bond acceptors (Lipinski definition) is 2. The summed E-state index contributed by atoms with van der Waals surface area (Å²) in [5, 5.41) is 4.56. The summed E-state index contributed by atoms with van der Waals surface area (Å²) >= 11 is 12.2. The van der Waals surface area contributed by atoms with Crippen molar-refractivity contribution in [3.05, 3.63) is 33.8 Å². The van der Waals surface area contributed by atoms with Gasteiger partial charge in [-0.15, -0.1) is 0 Å². The molecule has 1 N–H and O–H groups in total. The molecule has 1 aromatic rings. The molecule has 2 nitrogen and oxygen atoms in total. The molecule has 1 aliphatic rings. The predicted molar refractivity (Wildman–Crippen MR) is 84.8 cm³/mol. The maximum absolute atomic E-state index is 12.2. The van der Waals surface area contributed by atoms with Crippen LogP contribution in [0.1, 0.15) is 44.6 Å². The third kappa shape index (κ3) is 3.55. The van der Waals surface area contributed by atoms with Gasteiger partial charge in [0.2, 0.25) is 0 Å². The monoisotopic (exact) mass is 313 g/mol. The Hall–Kier alpha value is -0.570. The number of carbonyl (C=O) groups excluding carboxylic acids is 1. The molecule has 1 heterocycles. The summed E-state index contributed by atoms with van der Waals surface area (Å²) in [5.74, 6) is 0.335. The molecule has 1 atom stereocenters. The van der Waals surface area contributed by atoms with Gasteiger partial charge in [0.15, 0.2) is 0 Å². The number of Topliss-reactive ketones (excluding diaryl/α,β-unsaturated/α-hetero) is 1. The molecule has 1 aliphatic heterocycles. The first-order chi connectivity index (χ1) is 9.57. The second kappa shape index (κ2) is 6.93. The molecule has 4 heteroatoms. The molecule has 1 unspecified atom stereocenters. The maximum Gasteiger partial charge on any atom is 0.133 e. The van der Waals surface area contributed by atoms with Crippen LogP contribution < -0.4 is 5.32 Å². The summed E-state index contributed by atoms with van der Waals surface area (Å²) in [4.78, 5) is 12.2. The Kier molecular flexibility index (Phi) is 5.48. The zero-order valence-electron chi connectivity index (χ0n) is 11.8. The van der Waals surface area contributed by atoms with Crippen molar-refractivity contribution in [2.24, 2.45) is 0 Å². The number of benzene rings is 1. The van der Waals surface area contributed by atoms with Crippen LogP contribution in [-0.4, -0.2) is 18.9 Å². The van der Waals surface area contributed by atoms with E-state index in [2.05, 4.69) is 5.32 Å². The smallest absolute Gasteiger partial charge is 0.133 e. The summed E-state index contributed by atoms with van der Waals surface area (Å²) in [5.41, 5.74) is 1.00. The van der Waals surface area contributed by atoms with E-state index in [1.54, 1.807) is 0 Å². The van der Waals surface area contributed by atoms with E-state index in [4.69, 9.17) is 23.2 Å². The molecule has 0 spiro atoms. The lowest BCUT2D eigenvalue weighted by molar-refractivity contribution is -0.120. The standard InChI is InChI=1S/C16H21Cl2NO/c1-2-4-13(20)10-16(7-3-8-19-11-16)12-5-6-14(17)15(18)9-12/h5-6,9,19H,2-4,7-8,10-11H2,1H3. The zero-order chi connectivity index (χ0) is 14.6. The first-order valence-electron chi connectivity index (χ1n) is 7.25. The molecule has 20 heavy (non-hydrogen) atoms. The summed E-state index contributed by atoms with van der Waals surface area (Å²) < 4.78 is 0. The molecule has 1 aromatic carbocycles. The average molecular weight is 314 g/mol. The maximum atomic E-state index is 12.2.